The van der Waals surface area contributed by atoms with Crippen LogP contribution < -0.4 is 10.6 Å². The maximum Gasteiger partial charge on any atom is 0.331 e. The third-order valence-electron chi connectivity index (χ3n) is 3.22. The van der Waals surface area contributed by atoms with E-state index in [-0.39, 0.29) is 30.7 Å². The predicted molar refractivity (Wildman–Crippen MR) is 84.9 cm³/mol. The highest BCUT2D eigenvalue weighted by Crippen LogP contribution is 2.17. The number of aromatic nitrogens is 2. The van der Waals surface area contributed by atoms with E-state index in [9.17, 15) is 14.4 Å². The fraction of sp³-hybridized carbons (Fsp3) is 0.600. The Morgan fingerprint density at radius 3 is 2.43 bits per heavy atom. The van der Waals surface area contributed by atoms with Gasteiger partial charge in [-0.3, -0.25) is 14.3 Å². The molecule has 2 amide bonds. The van der Waals surface area contributed by atoms with Gasteiger partial charge in [-0.05, 0) is 34.1 Å². The molecule has 0 aliphatic heterocycles. The molecule has 8 nitrogen and oxygen atoms in total. The third kappa shape index (κ3) is 5.72. The number of hydrogen-bond acceptors (Lipinski definition) is 4. The molecule has 1 aromatic rings. The highest BCUT2D eigenvalue weighted by molar-refractivity contribution is 5.90. The highest BCUT2D eigenvalue weighted by atomic mass is 16.4. The Kier molecular flexibility index (Phi) is 6.29. The molecule has 0 aliphatic carbocycles. The van der Waals surface area contributed by atoms with Crippen LogP contribution in [0.15, 0.2) is 12.4 Å². The van der Waals surface area contributed by atoms with Gasteiger partial charge in [0.1, 0.15) is 0 Å². The number of aliphatic carboxylic acids is 1. The molecule has 0 aliphatic rings. The van der Waals surface area contributed by atoms with Gasteiger partial charge in [-0.15, -0.1) is 0 Å². The van der Waals surface area contributed by atoms with E-state index in [1.807, 2.05) is 13.8 Å². The maximum atomic E-state index is 11.8. The summed E-state index contributed by atoms with van der Waals surface area (Å²) < 4.78 is 1.28. The van der Waals surface area contributed by atoms with Crippen molar-refractivity contribution in [1.29, 1.82) is 0 Å². The van der Waals surface area contributed by atoms with Crippen molar-refractivity contribution < 1.29 is 19.5 Å². The van der Waals surface area contributed by atoms with Crippen LogP contribution in [0.2, 0.25) is 0 Å². The Balaban J connectivity index is 2.45. The molecule has 23 heavy (non-hydrogen) atoms. The Morgan fingerprint density at radius 1 is 1.26 bits per heavy atom. The molecule has 8 heteroatoms. The van der Waals surface area contributed by atoms with Crippen LogP contribution in [0.3, 0.4) is 0 Å². The SMILES string of the molecule is CC(C)NC(=O)CCCC(=O)Nc1cnn(C(C)(C)C(=O)O)c1. The molecular weight excluding hydrogens is 300 g/mol. The molecule has 0 saturated heterocycles. The summed E-state index contributed by atoms with van der Waals surface area (Å²) >= 11 is 0. The van der Waals surface area contributed by atoms with Gasteiger partial charge < -0.3 is 15.7 Å². The number of nitrogens with one attached hydrogen (secondary N) is 2. The van der Waals surface area contributed by atoms with Crippen LogP contribution in [0.1, 0.15) is 47.0 Å². The Morgan fingerprint density at radius 2 is 1.87 bits per heavy atom. The number of carboxylic acids is 1. The van der Waals surface area contributed by atoms with Crippen LogP contribution in [0.25, 0.3) is 0 Å². The smallest absolute Gasteiger partial charge is 0.331 e. The molecule has 3 N–H and O–H groups in total. The summed E-state index contributed by atoms with van der Waals surface area (Å²) in [5.41, 5.74) is -0.770. The lowest BCUT2D eigenvalue weighted by atomic mass is 10.1. The van der Waals surface area contributed by atoms with Gasteiger partial charge in [0.05, 0.1) is 11.9 Å². The van der Waals surface area contributed by atoms with Gasteiger partial charge in [-0.25, -0.2) is 4.79 Å². The summed E-state index contributed by atoms with van der Waals surface area (Å²) in [6.45, 7) is 6.78. The minimum absolute atomic E-state index is 0.0798. The van der Waals surface area contributed by atoms with E-state index in [0.717, 1.165) is 0 Å². The number of nitrogens with zero attached hydrogens (tertiary/aromatic N) is 2. The lowest BCUT2D eigenvalue weighted by molar-refractivity contribution is -0.146. The van der Waals surface area contributed by atoms with Crippen molar-refractivity contribution >= 4 is 23.5 Å². The largest absolute Gasteiger partial charge is 0.479 e. The van der Waals surface area contributed by atoms with E-state index in [2.05, 4.69) is 15.7 Å². The van der Waals surface area contributed by atoms with Gasteiger partial charge in [0, 0.05) is 25.1 Å². The topological polar surface area (TPSA) is 113 Å². The number of carboxylic acid groups (broad SMARTS) is 1. The molecule has 0 saturated carbocycles. The van der Waals surface area contributed by atoms with Crippen molar-refractivity contribution in [3.8, 4) is 0 Å². The quantitative estimate of drug-likeness (QED) is 0.668. The molecule has 0 bridgehead atoms. The van der Waals surface area contributed by atoms with Crippen LogP contribution in [-0.4, -0.2) is 38.7 Å². The lowest BCUT2D eigenvalue weighted by Gasteiger charge is -2.19. The van der Waals surface area contributed by atoms with E-state index < -0.39 is 11.5 Å². The minimum Gasteiger partial charge on any atom is -0.479 e. The zero-order valence-electron chi connectivity index (χ0n) is 13.9. The Bertz CT molecular complexity index is 578. The Hall–Kier alpha value is -2.38. The standard InChI is InChI=1S/C15H24N4O4/c1-10(2)17-12(20)6-5-7-13(21)18-11-8-16-19(9-11)15(3,4)14(22)23/h8-10H,5-7H2,1-4H3,(H,17,20)(H,18,21)(H,22,23). The molecular formula is C15H24N4O4. The Labute approximate surface area is 135 Å². The summed E-state index contributed by atoms with van der Waals surface area (Å²) in [5, 5.41) is 18.5. The minimum atomic E-state index is -1.20. The molecule has 0 radical (unpaired) electrons. The fourth-order valence-corrected chi connectivity index (χ4v) is 1.82. The van der Waals surface area contributed by atoms with Gasteiger partial charge in [0.2, 0.25) is 11.8 Å². The summed E-state index contributed by atoms with van der Waals surface area (Å²) in [4.78, 5) is 34.4. The van der Waals surface area contributed by atoms with Crippen molar-refractivity contribution in [3.63, 3.8) is 0 Å². The molecule has 1 heterocycles. The fourth-order valence-electron chi connectivity index (χ4n) is 1.82. The molecule has 0 aromatic carbocycles. The van der Waals surface area contributed by atoms with Crippen molar-refractivity contribution in [2.75, 3.05) is 5.32 Å². The second-order valence-electron chi connectivity index (χ2n) is 6.16. The van der Waals surface area contributed by atoms with Gasteiger partial charge in [0.15, 0.2) is 5.54 Å². The molecule has 128 valence electrons. The van der Waals surface area contributed by atoms with Crippen molar-refractivity contribution in [1.82, 2.24) is 15.1 Å². The molecule has 0 unspecified atom stereocenters. The highest BCUT2D eigenvalue weighted by Gasteiger charge is 2.30. The normalized spacial score (nSPS) is 11.3. The molecule has 1 aromatic heterocycles. The van der Waals surface area contributed by atoms with Crippen LogP contribution in [0, 0.1) is 0 Å². The van der Waals surface area contributed by atoms with Crippen molar-refractivity contribution in [2.24, 2.45) is 0 Å². The van der Waals surface area contributed by atoms with Gasteiger partial charge in [-0.1, -0.05) is 0 Å². The number of amides is 2. The lowest BCUT2D eigenvalue weighted by Crippen LogP contribution is -2.35. The number of anilines is 1. The number of hydrogen-bond donors (Lipinski definition) is 3. The first-order valence-corrected chi connectivity index (χ1v) is 7.50. The number of rotatable bonds is 8. The van der Waals surface area contributed by atoms with E-state index in [1.165, 1.54) is 30.9 Å². The van der Waals surface area contributed by atoms with Crippen LogP contribution in [0.5, 0.6) is 0 Å². The second kappa shape index (κ2) is 7.75. The zero-order valence-corrected chi connectivity index (χ0v) is 13.9. The predicted octanol–water partition coefficient (Wildman–Crippen LogP) is 1.34. The molecule has 0 spiro atoms. The van der Waals surface area contributed by atoms with E-state index in [0.29, 0.717) is 12.1 Å². The van der Waals surface area contributed by atoms with Gasteiger partial charge >= 0.3 is 5.97 Å². The first kappa shape index (κ1) is 18.7. The van der Waals surface area contributed by atoms with Crippen molar-refractivity contribution in [3.05, 3.63) is 12.4 Å². The maximum absolute atomic E-state index is 11.8. The molecule has 0 fully saturated rings. The number of carbonyl (C=O) groups excluding carboxylic acids is 2. The average molecular weight is 324 g/mol. The van der Waals surface area contributed by atoms with Gasteiger partial charge in [-0.2, -0.15) is 5.10 Å². The van der Waals surface area contributed by atoms with Crippen LogP contribution in [-0.2, 0) is 19.9 Å². The summed E-state index contributed by atoms with van der Waals surface area (Å²) in [6, 6.07) is 0.0831. The van der Waals surface area contributed by atoms with Crippen LogP contribution >= 0.6 is 0 Å². The molecule has 1 rings (SSSR count). The van der Waals surface area contributed by atoms with Crippen LogP contribution in [0.4, 0.5) is 5.69 Å². The third-order valence-corrected chi connectivity index (χ3v) is 3.22. The van der Waals surface area contributed by atoms with E-state index >= 15 is 0 Å². The van der Waals surface area contributed by atoms with Crippen molar-refractivity contribution in [2.45, 2.75) is 58.5 Å². The summed E-state index contributed by atoms with van der Waals surface area (Å²) in [7, 11) is 0. The summed E-state index contributed by atoms with van der Waals surface area (Å²) in [6.07, 6.45) is 3.81. The number of carbonyl (C=O) groups is 3. The second-order valence-corrected chi connectivity index (χ2v) is 6.16. The van der Waals surface area contributed by atoms with E-state index in [1.54, 1.807) is 0 Å². The summed E-state index contributed by atoms with van der Waals surface area (Å²) in [5.74, 6) is -1.34. The first-order valence-electron chi connectivity index (χ1n) is 7.50. The van der Waals surface area contributed by atoms with E-state index in [4.69, 9.17) is 5.11 Å². The van der Waals surface area contributed by atoms with Gasteiger partial charge in [0.25, 0.3) is 0 Å². The molecule has 0 atom stereocenters. The first-order chi connectivity index (χ1) is 10.6. The zero-order chi connectivity index (χ0) is 17.6. The monoisotopic (exact) mass is 324 g/mol. The average Bonchev–Trinajstić information content (AvgIpc) is 2.86.